The Bertz CT molecular complexity index is 503. The molecule has 7 heteroatoms. The largest absolute Gasteiger partial charge is 0.467 e. The standard InChI is InChI=1S/C16H25NO6/c1-15(22)11(8-9-18)13(20)17-16(15,14(21)23-2)12(19)10-6-4-3-5-7-10/h4,6,10-12,18-19,22H,3,5,7-9H2,1-2H3,(H,17,20)/t10?,11?,12?,15?,16-/m1/s1. The number of ether oxygens (including phenoxy) is 1. The molecule has 1 amide bonds. The van der Waals surface area contributed by atoms with Crippen LogP contribution in [0.3, 0.4) is 0 Å². The number of nitrogens with one attached hydrogen (secondary N) is 1. The van der Waals surface area contributed by atoms with E-state index in [4.69, 9.17) is 9.84 Å². The van der Waals surface area contributed by atoms with Gasteiger partial charge in [-0.2, -0.15) is 0 Å². The summed E-state index contributed by atoms with van der Waals surface area (Å²) < 4.78 is 4.80. The summed E-state index contributed by atoms with van der Waals surface area (Å²) in [6.45, 7) is 1.02. The monoisotopic (exact) mass is 327 g/mol. The van der Waals surface area contributed by atoms with E-state index < -0.39 is 35.0 Å². The van der Waals surface area contributed by atoms with Crippen LogP contribution in [0.1, 0.15) is 32.6 Å². The van der Waals surface area contributed by atoms with E-state index in [2.05, 4.69) is 5.32 Å². The van der Waals surface area contributed by atoms with Crippen LogP contribution in [0, 0.1) is 11.8 Å². The summed E-state index contributed by atoms with van der Waals surface area (Å²) in [5.41, 5.74) is -3.84. The van der Waals surface area contributed by atoms with Crippen molar-refractivity contribution in [2.24, 2.45) is 11.8 Å². The lowest BCUT2D eigenvalue weighted by Gasteiger charge is -2.44. The molecule has 0 aromatic heterocycles. The molecule has 0 aromatic carbocycles. The van der Waals surface area contributed by atoms with Crippen molar-refractivity contribution in [1.82, 2.24) is 5.32 Å². The van der Waals surface area contributed by atoms with Crippen molar-refractivity contribution in [2.45, 2.75) is 49.9 Å². The molecular formula is C16H25NO6. The molecule has 0 radical (unpaired) electrons. The lowest BCUT2D eigenvalue weighted by Crippen LogP contribution is -2.70. The fraction of sp³-hybridized carbons (Fsp3) is 0.750. The molecule has 0 aromatic rings. The molecule has 2 aliphatic rings. The predicted molar refractivity (Wildman–Crippen MR) is 81.2 cm³/mol. The lowest BCUT2D eigenvalue weighted by molar-refractivity contribution is -0.174. The minimum atomic E-state index is -1.95. The molecule has 23 heavy (non-hydrogen) atoms. The lowest BCUT2D eigenvalue weighted by atomic mass is 9.68. The van der Waals surface area contributed by atoms with Gasteiger partial charge in [-0.25, -0.2) is 4.79 Å². The van der Waals surface area contributed by atoms with Gasteiger partial charge in [-0.3, -0.25) is 4.79 Å². The minimum Gasteiger partial charge on any atom is -0.467 e. The third kappa shape index (κ3) is 2.66. The maximum Gasteiger partial charge on any atom is 0.337 e. The average Bonchev–Trinajstić information content (AvgIpc) is 2.75. The molecule has 1 aliphatic heterocycles. The van der Waals surface area contributed by atoms with Crippen LogP contribution < -0.4 is 5.32 Å². The molecule has 0 bridgehead atoms. The average molecular weight is 327 g/mol. The number of carbonyl (C=O) groups is 2. The molecule has 0 spiro atoms. The number of hydrogen-bond acceptors (Lipinski definition) is 6. The molecule has 1 fully saturated rings. The number of methoxy groups -OCH3 is 1. The Morgan fingerprint density at radius 2 is 2.26 bits per heavy atom. The Kier molecular flexibility index (Phi) is 5.13. The van der Waals surface area contributed by atoms with E-state index in [1.54, 1.807) is 6.08 Å². The van der Waals surface area contributed by atoms with Gasteiger partial charge in [0.1, 0.15) is 5.60 Å². The van der Waals surface area contributed by atoms with Crippen molar-refractivity contribution in [3.63, 3.8) is 0 Å². The quantitative estimate of drug-likeness (QED) is 0.399. The summed E-state index contributed by atoms with van der Waals surface area (Å²) in [4.78, 5) is 24.8. The number of aliphatic hydroxyl groups is 3. The predicted octanol–water partition coefficient (Wildman–Crippen LogP) is -0.505. The molecule has 7 nitrogen and oxygen atoms in total. The molecule has 2 rings (SSSR count). The van der Waals surface area contributed by atoms with E-state index in [0.29, 0.717) is 6.42 Å². The number of hydrogen-bond donors (Lipinski definition) is 4. The Morgan fingerprint density at radius 1 is 1.57 bits per heavy atom. The fourth-order valence-corrected chi connectivity index (χ4v) is 3.81. The van der Waals surface area contributed by atoms with E-state index >= 15 is 0 Å². The van der Waals surface area contributed by atoms with Crippen molar-refractivity contribution >= 4 is 11.9 Å². The molecule has 1 heterocycles. The molecule has 1 aliphatic carbocycles. The summed E-state index contributed by atoms with van der Waals surface area (Å²) in [6, 6.07) is 0. The van der Waals surface area contributed by atoms with Crippen LogP contribution in [0.5, 0.6) is 0 Å². The van der Waals surface area contributed by atoms with Gasteiger partial charge in [0.15, 0.2) is 5.54 Å². The van der Waals surface area contributed by atoms with E-state index in [9.17, 15) is 19.8 Å². The summed E-state index contributed by atoms with van der Waals surface area (Å²) in [7, 11) is 1.15. The highest BCUT2D eigenvalue weighted by atomic mass is 16.5. The molecule has 4 unspecified atom stereocenters. The molecule has 0 saturated carbocycles. The van der Waals surface area contributed by atoms with Crippen molar-refractivity contribution in [3.05, 3.63) is 12.2 Å². The smallest absolute Gasteiger partial charge is 0.337 e. The van der Waals surface area contributed by atoms with E-state index in [1.807, 2.05) is 6.08 Å². The zero-order valence-electron chi connectivity index (χ0n) is 13.5. The number of aliphatic hydroxyl groups excluding tert-OH is 2. The summed E-state index contributed by atoms with van der Waals surface area (Å²) in [5.74, 6) is -2.84. The third-order valence-corrected chi connectivity index (χ3v) is 5.18. The molecule has 130 valence electrons. The zero-order chi connectivity index (χ0) is 17.3. The van der Waals surface area contributed by atoms with Crippen molar-refractivity contribution in [3.8, 4) is 0 Å². The van der Waals surface area contributed by atoms with Crippen molar-refractivity contribution in [2.75, 3.05) is 13.7 Å². The highest BCUT2D eigenvalue weighted by Gasteiger charge is 2.69. The molecular weight excluding hydrogens is 302 g/mol. The first-order chi connectivity index (χ1) is 10.8. The van der Waals surface area contributed by atoms with E-state index in [1.165, 1.54) is 6.92 Å². The van der Waals surface area contributed by atoms with Gasteiger partial charge in [0.05, 0.1) is 19.1 Å². The Balaban J connectivity index is 2.47. The van der Waals surface area contributed by atoms with Gasteiger partial charge in [-0.15, -0.1) is 0 Å². The van der Waals surface area contributed by atoms with Crippen molar-refractivity contribution < 1.29 is 29.6 Å². The highest BCUT2D eigenvalue weighted by molar-refractivity contribution is 5.96. The first-order valence-corrected chi connectivity index (χ1v) is 7.91. The normalized spacial score (nSPS) is 38.2. The summed E-state index contributed by atoms with van der Waals surface area (Å²) >= 11 is 0. The number of esters is 1. The van der Waals surface area contributed by atoms with Gasteiger partial charge in [0.2, 0.25) is 5.91 Å². The van der Waals surface area contributed by atoms with Gasteiger partial charge in [-0.05, 0) is 32.6 Å². The molecule has 5 atom stereocenters. The van der Waals surface area contributed by atoms with Crippen LogP contribution in [-0.4, -0.2) is 58.2 Å². The zero-order valence-corrected chi connectivity index (χ0v) is 13.5. The fourth-order valence-electron chi connectivity index (χ4n) is 3.81. The number of amides is 1. The van der Waals surface area contributed by atoms with E-state index in [0.717, 1.165) is 20.0 Å². The van der Waals surface area contributed by atoms with Crippen LogP contribution in [0.25, 0.3) is 0 Å². The first-order valence-electron chi connectivity index (χ1n) is 7.91. The third-order valence-electron chi connectivity index (χ3n) is 5.18. The van der Waals surface area contributed by atoms with Crippen LogP contribution in [0.2, 0.25) is 0 Å². The van der Waals surface area contributed by atoms with Crippen LogP contribution in [0.4, 0.5) is 0 Å². The number of carbonyl (C=O) groups excluding carboxylic acids is 2. The van der Waals surface area contributed by atoms with Gasteiger partial charge >= 0.3 is 5.97 Å². The maximum absolute atomic E-state index is 12.5. The topological polar surface area (TPSA) is 116 Å². The van der Waals surface area contributed by atoms with Gasteiger partial charge < -0.3 is 25.4 Å². The van der Waals surface area contributed by atoms with Gasteiger partial charge in [0, 0.05) is 12.5 Å². The Hall–Kier alpha value is -1.44. The number of rotatable bonds is 5. The van der Waals surface area contributed by atoms with Crippen LogP contribution >= 0.6 is 0 Å². The highest BCUT2D eigenvalue weighted by Crippen LogP contribution is 2.44. The second-order valence-corrected chi connectivity index (χ2v) is 6.47. The second kappa shape index (κ2) is 6.59. The second-order valence-electron chi connectivity index (χ2n) is 6.47. The minimum absolute atomic E-state index is 0.00912. The first kappa shape index (κ1) is 17.9. The van der Waals surface area contributed by atoms with Crippen LogP contribution in [-0.2, 0) is 14.3 Å². The molecule has 1 saturated heterocycles. The van der Waals surface area contributed by atoms with Gasteiger partial charge in [-0.1, -0.05) is 12.2 Å². The Labute approximate surface area is 135 Å². The Morgan fingerprint density at radius 3 is 2.78 bits per heavy atom. The SMILES string of the molecule is COC(=O)[C@@]1(C(O)C2C=CCCC2)NC(=O)C(CCO)C1(C)O. The summed E-state index contributed by atoms with van der Waals surface area (Å²) in [6.07, 6.45) is 4.78. The maximum atomic E-state index is 12.5. The molecule has 4 N–H and O–H groups in total. The van der Waals surface area contributed by atoms with Crippen LogP contribution in [0.15, 0.2) is 12.2 Å². The van der Waals surface area contributed by atoms with Crippen molar-refractivity contribution in [1.29, 1.82) is 0 Å². The van der Waals surface area contributed by atoms with E-state index in [-0.39, 0.29) is 18.9 Å². The summed E-state index contributed by atoms with van der Waals surface area (Å²) in [5, 5.41) is 33.5. The number of allylic oxidation sites excluding steroid dienone is 1. The van der Waals surface area contributed by atoms with Gasteiger partial charge in [0.25, 0.3) is 0 Å².